The van der Waals surface area contributed by atoms with E-state index in [0.29, 0.717) is 16.5 Å². The molecule has 98 valence electrons. The van der Waals surface area contributed by atoms with E-state index in [9.17, 15) is 4.79 Å². The molecule has 2 saturated carbocycles. The summed E-state index contributed by atoms with van der Waals surface area (Å²) in [6.45, 7) is 4.44. The van der Waals surface area contributed by atoms with Crippen molar-refractivity contribution in [1.82, 2.24) is 5.32 Å². The summed E-state index contributed by atoms with van der Waals surface area (Å²) in [5, 5.41) is 4.74. The number of amides is 1. The van der Waals surface area contributed by atoms with Gasteiger partial charge in [-0.1, -0.05) is 13.8 Å². The van der Waals surface area contributed by atoms with Crippen LogP contribution in [0.15, 0.2) is 0 Å². The largest absolute Gasteiger partial charge is 0.368 e. The highest BCUT2D eigenvalue weighted by Crippen LogP contribution is 2.38. The quantitative estimate of drug-likeness (QED) is 0.791. The van der Waals surface area contributed by atoms with Crippen molar-refractivity contribution in [3.05, 3.63) is 0 Å². The molecule has 1 amide bonds. The number of hydrogen-bond acceptors (Lipinski definition) is 3. The first-order valence-corrected chi connectivity index (χ1v) is 7.69. The van der Waals surface area contributed by atoms with Gasteiger partial charge in [0.15, 0.2) is 0 Å². The summed E-state index contributed by atoms with van der Waals surface area (Å²) < 4.78 is 0. The smallest absolute Gasteiger partial charge is 0.237 e. The summed E-state index contributed by atoms with van der Waals surface area (Å²) in [4.78, 5) is 11.8. The Bertz CT molecular complexity index is 291. The van der Waals surface area contributed by atoms with Gasteiger partial charge in [-0.25, -0.2) is 0 Å². The van der Waals surface area contributed by atoms with Crippen LogP contribution in [0.1, 0.15) is 52.4 Å². The fourth-order valence-electron chi connectivity index (χ4n) is 2.77. The Kier molecular flexibility index (Phi) is 4.03. The van der Waals surface area contributed by atoms with Gasteiger partial charge >= 0.3 is 0 Å². The van der Waals surface area contributed by atoms with Crippen LogP contribution >= 0.6 is 11.8 Å². The van der Waals surface area contributed by atoms with Gasteiger partial charge in [-0.15, -0.1) is 0 Å². The topological polar surface area (TPSA) is 55.1 Å². The lowest BCUT2D eigenvalue weighted by Crippen LogP contribution is -2.59. The Balaban J connectivity index is 2.01. The molecule has 0 saturated heterocycles. The predicted octanol–water partition coefficient (Wildman–Crippen LogP) is 2.05. The number of primary amides is 1. The molecule has 0 aromatic carbocycles. The van der Waals surface area contributed by atoms with E-state index in [1.165, 1.54) is 19.3 Å². The van der Waals surface area contributed by atoms with Crippen LogP contribution in [-0.4, -0.2) is 28.0 Å². The summed E-state index contributed by atoms with van der Waals surface area (Å²) in [6.07, 6.45) is 6.60. The standard InChI is InChI=1S/C13H24N2OS/c1-9(2)17-11-4-3-7-13(8-11,12(14)16)15-10-5-6-10/h9-11,15H,3-8H2,1-2H3,(H2,14,16). The summed E-state index contributed by atoms with van der Waals surface area (Å²) in [7, 11) is 0. The molecule has 0 spiro atoms. The predicted molar refractivity (Wildman–Crippen MR) is 73.1 cm³/mol. The number of nitrogens with two attached hydrogens (primary N) is 1. The lowest BCUT2D eigenvalue weighted by Gasteiger charge is -2.39. The van der Waals surface area contributed by atoms with Crippen molar-refractivity contribution >= 4 is 17.7 Å². The summed E-state index contributed by atoms with van der Waals surface area (Å²) in [5.41, 5.74) is 5.25. The zero-order valence-electron chi connectivity index (χ0n) is 10.9. The van der Waals surface area contributed by atoms with E-state index in [1.807, 2.05) is 11.8 Å². The zero-order chi connectivity index (χ0) is 12.5. The third-order valence-corrected chi connectivity index (χ3v) is 5.03. The molecule has 2 rings (SSSR count). The first-order valence-electron chi connectivity index (χ1n) is 6.75. The van der Waals surface area contributed by atoms with Crippen molar-refractivity contribution in [2.24, 2.45) is 5.73 Å². The average Bonchev–Trinajstić information content (AvgIpc) is 3.00. The average molecular weight is 256 g/mol. The van der Waals surface area contributed by atoms with Gasteiger partial charge < -0.3 is 11.1 Å². The first kappa shape index (κ1) is 13.2. The SMILES string of the molecule is CC(C)SC1CCCC(NC2CC2)(C(N)=O)C1. The summed E-state index contributed by atoms with van der Waals surface area (Å²) in [5.74, 6) is -0.140. The van der Waals surface area contributed by atoms with E-state index in [2.05, 4.69) is 19.2 Å². The minimum absolute atomic E-state index is 0.140. The van der Waals surface area contributed by atoms with Gasteiger partial charge in [0.1, 0.15) is 0 Å². The van der Waals surface area contributed by atoms with Crippen LogP contribution in [0.25, 0.3) is 0 Å². The molecule has 0 heterocycles. The molecule has 0 aliphatic heterocycles. The van der Waals surface area contributed by atoms with Gasteiger partial charge in [-0.2, -0.15) is 11.8 Å². The molecule has 4 heteroatoms. The molecule has 2 atom stereocenters. The highest BCUT2D eigenvalue weighted by molar-refractivity contribution is 8.00. The lowest BCUT2D eigenvalue weighted by molar-refractivity contribution is -0.125. The molecule has 0 aromatic heterocycles. The van der Waals surface area contributed by atoms with Crippen molar-refractivity contribution in [2.45, 2.75) is 74.5 Å². The Morgan fingerprint density at radius 3 is 2.65 bits per heavy atom. The Morgan fingerprint density at radius 1 is 1.41 bits per heavy atom. The van der Waals surface area contributed by atoms with Crippen LogP contribution in [0.2, 0.25) is 0 Å². The van der Waals surface area contributed by atoms with Gasteiger partial charge in [0.05, 0.1) is 5.54 Å². The van der Waals surface area contributed by atoms with Gasteiger partial charge in [0, 0.05) is 11.3 Å². The van der Waals surface area contributed by atoms with E-state index in [0.717, 1.165) is 19.3 Å². The molecule has 2 unspecified atom stereocenters. The van der Waals surface area contributed by atoms with Gasteiger partial charge in [0.25, 0.3) is 0 Å². The summed E-state index contributed by atoms with van der Waals surface area (Å²) >= 11 is 1.99. The van der Waals surface area contributed by atoms with Crippen LogP contribution in [-0.2, 0) is 4.79 Å². The van der Waals surface area contributed by atoms with Crippen molar-refractivity contribution in [3.8, 4) is 0 Å². The molecule has 3 N–H and O–H groups in total. The molecule has 0 bridgehead atoms. The second-order valence-corrected chi connectivity index (χ2v) is 7.65. The zero-order valence-corrected chi connectivity index (χ0v) is 11.7. The monoisotopic (exact) mass is 256 g/mol. The normalized spacial score (nSPS) is 33.9. The third kappa shape index (κ3) is 3.38. The van der Waals surface area contributed by atoms with Crippen LogP contribution in [0.5, 0.6) is 0 Å². The second kappa shape index (κ2) is 5.19. The fraction of sp³-hybridized carbons (Fsp3) is 0.923. The number of carbonyl (C=O) groups is 1. The van der Waals surface area contributed by atoms with Crippen LogP contribution in [0.3, 0.4) is 0 Å². The number of nitrogens with one attached hydrogen (secondary N) is 1. The van der Waals surface area contributed by atoms with Gasteiger partial charge in [-0.05, 0) is 43.8 Å². The van der Waals surface area contributed by atoms with Crippen molar-refractivity contribution in [3.63, 3.8) is 0 Å². The van der Waals surface area contributed by atoms with Gasteiger partial charge in [-0.3, -0.25) is 4.79 Å². The number of rotatable bonds is 5. The molecule has 17 heavy (non-hydrogen) atoms. The maximum atomic E-state index is 11.8. The molecule has 2 fully saturated rings. The molecule has 0 radical (unpaired) electrons. The van der Waals surface area contributed by atoms with Gasteiger partial charge in [0.2, 0.25) is 5.91 Å². The Labute approximate surface area is 108 Å². The molecule has 0 aromatic rings. The van der Waals surface area contributed by atoms with Crippen LogP contribution in [0.4, 0.5) is 0 Å². The molecule has 2 aliphatic carbocycles. The Hall–Kier alpha value is -0.220. The first-order chi connectivity index (χ1) is 8.02. The summed E-state index contributed by atoms with van der Waals surface area (Å²) in [6, 6.07) is 0.547. The van der Waals surface area contributed by atoms with E-state index in [4.69, 9.17) is 5.73 Å². The number of hydrogen-bond donors (Lipinski definition) is 2. The van der Waals surface area contributed by atoms with Crippen LogP contribution < -0.4 is 11.1 Å². The molecule has 2 aliphatic rings. The maximum Gasteiger partial charge on any atom is 0.237 e. The van der Waals surface area contributed by atoms with Crippen molar-refractivity contribution in [2.75, 3.05) is 0 Å². The third-order valence-electron chi connectivity index (χ3n) is 3.70. The highest BCUT2D eigenvalue weighted by atomic mass is 32.2. The number of thioether (sulfide) groups is 1. The molecule has 3 nitrogen and oxygen atoms in total. The van der Waals surface area contributed by atoms with E-state index in [1.54, 1.807) is 0 Å². The Morgan fingerprint density at radius 2 is 2.12 bits per heavy atom. The van der Waals surface area contributed by atoms with Crippen LogP contribution in [0, 0.1) is 0 Å². The minimum atomic E-state index is -0.411. The fourth-order valence-corrected chi connectivity index (χ4v) is 4.22. The van der Waals surface area contributed by atoms with E-state index in [-0.39, 0.29) is 5.91 Å². The maximum absolute atomic E-state index is 11.8. The second-order valence-electron chi connectivity index (χ2n) is 5.77. The molecular weight excluding hydrogens is 232 g/mol. The minimum Gasteiger partial charge on any atom is -0.368 e. The van der Waals surface area contributed by atoms with E-state index < -0.39 is 5.54 Å². The molecular formula is C13H24N2OS. The highest BCUT2D eigenvalue weighted by Gasteiger charge is 2.44. The number of carbonyl (C=O) groups excluding carboxylic acids is 1. The lowest BCUT2D eigenvalue weighted by atomic mass is 9.80. The van der Waals surface area contributed by atoms with Crippen molar-refractivity contribution < 1.29 is 4.79 Å². The van der Waals surface area contributed by atoms with E-state index >= 15 is 0 Å². The van der Waals surface area contributed by atoms with Crippen molar-refractivity contribution in [1.29, 1.82) is 0 Å².